The van der Waals surface area contributed by atoms with Crippen LogP contribution in [0, 0.1) is 25.2 Å². The fraction of sp³-hybridized carbons (Fsp3) is 0.562. The van der Waals surface area contributed by atoms with E-state index in [1.165, 1.54) is 11.1 Å². The van der Waals surface area contributed by atoms with E-state index in [0.29, 0.717) is 6.61 Å². The Kier molecular flexibility index (Phi) is 5.40. The summed E-state index contributed by atoms with van der Waals surface area (Å²) in [6.07, 6.45) is 0.950. The van der Waals surface area contributed by atoms with Crippen molar-refractivity contribution in [1.29, 1.82) is 5.26 Å². The average molecular weight is 273 g/mol. The van der Waals surface area contributed by atoms with Crippen LogP contribution in [0.4, 0.5) is 0 Å². The summed E-state index contributed by atoms with van der Waals surface area (Å²) in [5, 5.41) is 12.3. The second-order valence-electron chi connectivity index (χ2n) is 5.41. The molecule has 1 saturated heterocycles. The first kappa shape index (κ1) is 14.8. The van der Waals surface area contributed by atoms with Crippen LogP contribution in [0.3, 0.4) is 0 Å². The highest BCUT2D eigenvalue weighted by Gasteiger charge is 2.20. The lowest BCUT2D eigenvalue weighted by Crippen LogP contribution is -2.50. The quantitative estimate of drug-likeness (QED) is 0.832. The summed E-state index contributed by atoms with van der Waals surface area (Å²) in [4.78, 5) is 2.24. The Morgan fingerprint density at radius 3 is 2.80 bits per heavy atom. The highest BCUT2D eigenvalue weighted by atomic mass is 16.5. The van der Waals surface area contributed by atoms with Gasteiger partial charge in [-0.2, -0.15) is 5.26 Å². The molecule has 0 aliphatic carbocycles. The molecule has 0 spiro atoms. The Morgan fingerprint density at radius 2 is 2.10 bits per heavy atom. The first-order valence-electron chi connectivity index (χ1n) is 7.24. The van der Waals surface area contributed by atoms with Gasteiger partial charge in [0.25, 0.3) is 0 Å². The average Bonchev–Trinajstić information content (AvgIpc) is 2.43. The van der Waals surface area contributed by atoms with Gasteiger partial charge in [-0.15, -0.1) is 0 Å². The van der Waals surface area contributed by atoms with Crippen molar-refractivity contribution in [3.05, 3.63) is 29.3 Å². The summed E-state index contributed by atoms with van der Waals surface area (Å²) < 4.78 is 5.80. The molecule has 0 aromatic heterocycles. The minimum Gasteiger partial charge on any atom is -0.494 e. The van der Waals surface area contributed by atoms with E-state index in [-0.39, 0.29) is 6.04 Å². The third-order valence-electron chi connectivity index (χ3n) is 3.56. The molecule has 1 atom stereocenters. The zero-order valence-electron chi connectivity index (χ0n) is 12.4. The van der Waals surface area contributed by atoms with E-state index in [1.54, 1.807) is 0 Å². The molecular weight excluding hydrogens is 250 g/mol. The lowest BCUT2D eigenvalue weighted by Gasteiger charge is -2.31. The van der Waals surface area contributed by atoms with Crippen molar-refractivity contribution >= 4 is 0 Å². The number of rotatable bonds is 5. The zero-order chi connectivity index (χ0) is 14.4. The Labute approximate surface area is 121 Å². The summed E-state index contributed by atoms with van der Waals surface area (Å²) in [5.41, 5.74) is 2.46. The minimum atomic E-state index is 0.00460. The number of nitrogens with zero attached hydrogens (tertiary/aromatic N) is 2. The first-order valence-corrected chi connectivity index (χ1v) is 7.24. The number of hydrogen-bond acceptors (Lipinski definition) is 4. The van der Waals surface area contributed by atoms with Crippen molar-refractivity contribution in [2.24, 2.45) is 0 Å². The number of benzene rings is 1. The highest BCUT2D eigenvalue weighted by Crippen LogP contribution is 2.16. The maximum absolute atomic E-state index is 9.09. The van der Waals surface area contributed by atoms with Crippen LogP contribution >= 0.6 is 0 Å². The van der Waals surface area contributed by atoms with Crippen molar-refractivity contribution in [3.8, 4) is 11.8 Å². The summed E-state index contributed by atoms with van der Waals surface area (Å²) >= 11 is 0. The fourth-order valence-corrected chi connectivity index (χ4v) is 2.62. The minimum absolute atomic E-state index is 0.00460. The second kappa shape index (κ2) is 7.28. The maximum atomic E-state index is 9.09. The predicted molar refractivity (Wildman–Crippen MR) is 79.9 cm³/mol. The van der Waals surface area contributed by atoms with Gasteiger partial charge >= 0.3 is 0 Å². The number of ether oxygens (including phenoxy) is 1. The molecule has 4 nitrogen and oxygen atoms in total. The normalized spacial score (nSPS) is 19.6. The van der Waals surface area contributed by atoms with Crippen molar-refractivity contribution in [3.63, 3.8) is 0 Å². The number of nitrogens with one attached hydrogen (secondary N) is 1. The SMILES string of the molecule is Cc1cc(C)cc(OCCCN2CCNCC2C#N)c1. The first-order chi connectivity index (χ1) is 9.69. The molecule has 1 N–H and O–H groups in total. The van der Waals surface area contributed by atoms with Gasteiger partial charge in [0.2, 0.25) is 0 Å². The van der Waals surface area contributed by atoms with E-state index in [2.05, 4.69) is 48.3 Å². The van der Waals surface area contributed by atoms with Gasteiger partial charge in [0.05, 0.1) is 12.7 Å². The second-order valence-corrected chi connectivity index (χ2v) is 5.41. The van der Waals surface area contributed by atoms with Crippen LogP contribution in [0.15, 0.2) is 18.2 Å². The molecule has 2 rings (SSSR count). The lowest BCUT2D eigenvalue weighted by atomic mass is 10.1. The molecule has 0 radical (unpaired) electrons. The predicted octanol–water partition coefficient (Wildman–Crippen LogP) is 1.87. The van der Waals surface area contributed by atoms with Crippen molar-refractivity contribution in [2.45, 2.75) is 26.3 Å². The van der Waals surface area contributed by atoms with E-state index in [4.69, 9.17) is 10.00 Å². The van der Waals surface area contributed by atoms with E-state index in [9.17, 15) is 0 Å². The molecule has 0 amide bonds. The molecule has 1 unspecified atom stereocenters. The van der Waals surface area contributed by atoms with Gasteiger partial charge < -0.3 is 10.1 Å². The van der Waals surface area contributed by atoms with Gasteiger partial charge in [-0.25, -0.2) is 0 Å². The van der Waals surface area contributed by atoms with Gasteiger partial charge in [0.15, 0.2) is 0 Å². The standard InChI is InChI=1S/C16H23N3O/c1-13-8-14(2)10-16(9-13)20-7-3-5-19-6-4-18-12-15(19)11-17/h8-10,15,18H,3-7,12H2,1-2H3. The molecule has 108 valence electrons. The lowest BCUT2D eigenvalue weighted by molar-refractivity contribution is 0.180. The smallest absolute Gasteiger partial charge is 0.119 e. The van der Waals surface area contributed by atoms with Gasteiger partial charge in [-0.05, 0) is 43.5 Å². The maximum Gasteiger partial charge on any atom is 0.119 e. The number of piperazine rings is 1. The third-order valence-corrected chi connectivity index (χ3v) is 3.56. The van der Waals surface area contributed by atoms with Crippen LogP contribution in [-0.4, -0.2) is 43.7 Å². The molecule has 1 aliphatic rings. The molecular formula is C16H23N3O. The monoisotopic (exact) mass is 273 g/mol. The highest BCUT2D eigenvalue weighted by molar-refractivity contribution is 5.32. The third kappa shape index (κ3) is 4.22. The van der Waals surface area contributed by atoms with Gasteiger partial charge in [-0.3, -0.25) is 4.90 Å². The summed E-state index contributed by atoms with van der Waals surface area (Å²) in [6.45, 7) is 8.47. The van der Waals surface area contributed by atoms with E-state index < -0.39 is 0 Å². The molecule has 0 bridgehead atoms. The summed E-state index contributed by atoms with van der Waals surface area (Å²) in [6, 6.07) is 8.63. The van der Waals surface area contributed by atoms with Crippen LogP contribution in [0.2, 0.25) is 0 Å². The van der Waals surface area contributed by atoms with Crippen LogP contribution in [0.1, 0.15) is 17.5 Å². The van der Waals surface area contributed by atoms with Crippen LogP contribution in [0.5, 0.6) is 5.75 Å². The molecule has 4 heteroatoms. The molecule has 1 aromatic carbocycles. The molecule has 0 saturated carbocycles. The fourth-order valence-electron chi connectivity index (χ4n) is 2.62. The Morgan fingerprint density at radius 1 is 1.35 bits per heavy atom. The number of hydrogen-bond donors (Lipinski definition) is 1. The number of aryl methyl sites for hydroxylation is 2. The summed E-state index contributed by atoms with van der Waals surface area (Å²) in [7, 11) is 0. The summed E-state index contributed by atoms with van der Waals surface area (Å²) in [5.74, 6) is 0.944. The van der Waals surface area contributed by atoms with E-state index in [0.717, 1.165) is 38.3 Å². The Bertz CT molecular complexity index is 461. The molecule has 1 heterocycles. The van der Waals surface area contributed by atoms with Crippen LogP contribution in [0.25, 0.3) is 0 Å². The van der Waals surface area contributed by atoms with Crippen LogP contribution < -0.4 is 10.1 Å². The van der Waals surface area contributed by atoms with Crippen molar-refractivity contribution in [1.82, 2.24) is 10.2 Å². The molecule has 1 aliphatic heterocycles. The number of nitriles is 1. The largest absolute Gasteiger partial charge is 0.494 e. The Balaban J connectivity index is 1.74. The van der Waals surface area contributed by atoms with E-state index in [1.807, 2.05) is 0 Å². The van der Waals surface area contributed by atoms with Gasteiger partial charge in [0, 0.05) is 26.2 Å². The molecule has 20 heavy (non-hydrogen) atoms. The van der Waals surface area contributed by atoms with Crippen molar-refractivity contribution < 1.29 is 4.74 Å². The molecule has 1 fully saturated rings. The Hall–Kier alpha value is -1.57. The van der Waals surface area contributed by atoms with E-state index >= 15 is 0 Å². The topological polar surface area (TPSA) is 48.3 Å². The van der Waals surface area contributed by atoms with Crippen LogP contribution in [-0.2, 0) is 0 Å². The van der Waals surface area contributed by atoms with Gasteiger partial charge in [0.1, 0.15) is 11.8 Å². The van der Waals surface area contributed by atoms with Gasteiger partial charge in [-0.1, -0.05) is 6.07 Å². The van der Waals surface area contributed by atoms with Crippen molar-refractivity contribution in [2.75, 3.05) is 32.8 Å². The zero-order valence-corrected chi connectivity index (χ0v) is 12.4. The molecule has 1 aromatic rings.